The lowest BCUT2D eigenvalue weighted by Crippen LogP contribution is -2.42. The Kier molecular flexibility index (Phi) is 5.59. The predicted molar refractivity (Wildman–Crippen MR) is 109 cm³/mol. The monoisotopic (exact) mass is 415 g/mol. The van der Waals surface area contributed by atoms with E-state index in [1.165, 1.54) is 52.4 Å². The summed E-state index contributed by atoms with van der Waals surface area (Å²) in [5.41, 5.74) is 6.84. The van der Waals surface area contributed by atoms with Crippen molar-refractivity contribution in [3.8, 4) is 10.8 Å². The van der Waals surface area contributed by atoms with Crippen molar-refractivity contribution in [3.05, 3.63) is 50.4 Å². The fourth-order valence-electron chi connectivity index (χ4n) is 3.26. The van der Waals surface area contributed by atoms with Gasteiger partial charge in [-0.3, -0.25) is 20.4 Å². The van der Waals surface area contributed by atoms with Crippen LogP contribution in [0.5, 0.6) is 0 Å². The van der Waals surface area contributed by atoms with Crippen molar-refractivity contribution in [1.29, 1.82) is 0 Å². The van der Waals surface area contributed by atoms with Crippen LogP contribution in [0.2, 0.25) is 0 Å². The van der Waals surface area contributed by atoms with E-state index in [0.717, 1.165) is 17.7 Å². The van der Waals surface area contributed by atoms with Gasteiger partial charge in [0.1, 0.15) is 5.76 Å². The highest BCUT2D eigenvalue weighted by Crippen LogP contribution is 2.29. The van der Waals surface area contributed by atoms with Crippen LogP contribution >= 0.6 is 22.7 Å². The number of nitrogens with zero attached hydrogens (tertiary/aromatic N) is 1. The molecular weight excluding hydrogens is 394 g/mol. The number of thiophene rings is 2. The number of hydrogen-bond donors (Lipinski definition) is 2. The molecule has 3 aromatic heterocycles. The number of amides is 2. The molecule has 0 atom stereocenters. The second-order valence-corrected chi connectivity index (χ2v) is 8.88. The van der Waals surface area contributed by atoms with Crippen molar-refractivity contribution in [2.45, 2.75) is 45.4 Å². The van der Waals surface area contributed by atoms with Gasteiger partial charge < -0.3 is 4.42 Å². The number of hydrogen-bond acceptors (Lipinski definition) is 6. The zero-order chi connectivity index (χ0) is 19.5. The van der Waals surface area contributed by atoms with Crippen LogP contribution in [0.25, 0.3) is 10.8 Å². The minimum atomic E-state index is -0.333. The van der Waals surface area contributed by atoms with Crippen molar-refractivity contribution in [2.24, 2.45) is 0 Å². The Balaban J connectivity index is 1.34. The maximum absolute atomic E-state index is 12.4. The van der Waals surface area contributed by atoms with E-state index >= 15 is 0 Å². The van der Waals surface area contributed by atoms with Crippen molar-refractivity contribution in [3.63, 3.8) is 0 Å². The molecule has 0 radical (unpaired) electrons. The number of aromatic nitrogens is 1. The second-order valence-electron chi connectivity index (χ2n) is 6.80. The third-order valence-corrected chi connectivity index (χ3v) is 6.83. The van der Waals surface area contributed by atoms with Gasteiger partial charge in [0, 0.05) is 4.88 Å². The number of fused-ring (bicyclic) bond motifs is 1. The van der Waals surface area contributed by atoms with Gasteiger partial charge in [0.05, 0.1) is 21.9 Å². The summed E-state index contributed by atoms with van der Waals surface area (Å²) in [6.07, 6.45) is 5.71. The van der Waals surface area contributed by atoms with Crippen LogP contribution in [-0.2, 0) is 24.1 Å². The molecule has 6 nitrogen and oxygen atoms in total. The molecule has 2 amide bonds. The third-order valence-electron chi connectivity index (χ3n) is 4.74. The minimum absolute atomic E-state index is 0.0436. The van der Waals surface area contributed by atoms with Crippen molar-refractivity contribution >= 4 is 34.5 Å². The van der Waals surface area contributed by atoms with Crippen LogP contribution in [0.4, 0.5) is 0 Å². The number of nitrogens with one attached hydrogen (secondary N) is 2. The summed E-state index contributed by atoms with van der Waals surface area (Å²) in [6.45, 7) is 1.78. The lowest BCUT2D eigenvalue weighted by atomic mass is 10.1. The Morgan fingerprint density at radius 3 is 2.89 bits per heavy atom. The molecule has 0 unspecified atom stereocenters. The Morgan fingerprint density at radius 2 is 2.07 bits per heavy atom. The molecule has 8 heteroatoms. The Hall–Kier alpha value is -2.45. The second kappa shape index (κ2) is 8.28. The van der Waals surface area contributed by atoms with Crippen LogP contribution in [-0.4, -0.2) is 16.8 Å². The van der Waals surface area contributed by atoms with Gasteiger partial charge in [-0.05, 0) is 55.7 Å². The summed E-state index contributed by atoms with van der Waals surface area (Å²) in [5.74, 6) is 0.509. The van der Waals surface area contributed by atoms with E-state index in [2.05, 4.69) is 15.8 Å². The molecule has 0 saturated heterocycles. The average molecular weight is 416 g/mol. The molecule has 0 saturated carbocycles. The maximum Gasteiger partial charge on any atom is 0.279 e. The van der Waals surface area contributed by atoms with Gasteiger partial charge in [-0.1, -0.05) is 12.5 Å². The first-order chi connectivity index (χ1) is 13.6. The highest BCUT2D eigenvalue weighted by atomic mass is 32.1. The molecule has 4 rings (SSSR count). The molecule has 0 fully saturated rings. The standard InChI is InChI=1S/C20H21N3O3S2/c1-12-14(21-20(26-12)16-8-5-9-27-16)11-18(24)22-23-19(25)17-10-13-6-3-2-4-7-15(13)28-17/h5,8-10H,2-4,6-7,11H2,1H3,(H,22,24)(H,23,25). The summed E-state index contributed by atoms with van der Waals surface area (Å²) in [4.78, 5) is 31.9. The molecular formula is C20H21N3O3S2. The highest BCUT2D eigenvalue weighted by Gasteiger charge is 2.18. The van der Waals surface area contributed by atoms with Gasteiger partial charge in [0.15, 0.2) is 0 Å². The van der Waals surface area contributed by atoms with Crippen LogP contribution in [0.1, 0.15) is 50.8 Å². The summed E-state index contributed by atoms with van der Waals surface area (Å²) in [5, 5.41) is 1.95. The molecule has 146 valence electrons. The lowest BCUT2D eigenvalue weighted by molar-refractivity contribution is -0.121. The minimum Gasteiger partial charge on any atom is -0.440 e. The number of hydrazine groups is 1. The van der Waals surface area contributed by atoms with E-state index in [-0.39, 0.29) is 18.2 Å². The molecule has 28 heavy (non-hydrogen) atoms. The van der Waals surface area contributed by atoms with Crippen molar-refractivity contribution < 1.29 is 14.0 Å². The highest BCUT2D eigenvalue weighted by molar-refractivity contribution is 7.14. The number of carbonyl (C=O) groups excluding carboxylic acids is 2. The molecule has 0 bridgehead atoms. The topological polar surface area (TPSA) is 84.2 Å². The molecule has 1 aliphatic rings. The van der Waals surface area contributed by atoms with E-state index in [0.29, 0.717) is 22.2 Å². The first kappa shape index (κ1) is 18.9. The normalized spacial score (nSPS) is 13.6. The van der Waals surface area contributed by atoms with E-state index in [1.807, 2.05) is 23.6 Å². The molecule has 0 spiro atoms. The van der Waals surface area contributed by atoms with E-state index in [4.69, 9.17) is 4.42 Å². The smallest absolute Gasteiger partial charge is 0.279 e. The Bertz CT molecular complexity index is 965. The SMILES string of the molecule is Cc1oc(-c2cccs2)nc1CC(=O)NNC(=O)c1cc2c(s1)CCCCC2. The number of rotatable bonds is 4. The largest absolute Gasteiger partial charge is 0.440 e. The van der Waals surface area contributed by atoms with E-state index in [9.17, 15) is 9.59 Å². The summed E-state index contributed by atoms with van der Waals surface area (Å²) >= 11 is 3.06. The number of aryl methyl sites for hydroxylation is 3. The predicted octanol–water partition coefficient (Wildman–Crippen LogP) is 4.05. The first-order valence-corrected chi connectivity index (χ1v) is 11.0. The Morgan fingerprint density at radius 1 is 1.21 bits per heavy atom. The zero-order valence-corrected chi connectivity index (χ0v) is 17.2. The quantitative estimate of drug-likeness (QED) is 0.497. The summed E-state index contributed by atoms with van der Waals surface area (Å²) < 4.78 is 5.65. The van der Waals surface area contributed by atoms with Crippen LogP contribution in [0, 0.1) is 6.92 Å². The zero-order valence-electron chi connectivity index (χ0n) is 15.5. The van der Waals surface area contributed by atoms with Gasteiger partial charge in [-0.2, -0.15) is 0 Å². The van der Waals surface area contributed by atoms with Crippen LogP contribution in [0.3, 0.4) is 0 Å². The van der Waals surface area contributed by atoms with E-state index in [1.54, 1.807) is 6.92 Å². The molecule has 2 N–H and O–H groups in total. The average Bonchev–Trinajstić information content (AvgIpc) is 3.39. The molecule has 1 aliphatic carbocycles. The molecule has 3 heterocycles. The van der Waals surface area contributed by atoms with Gasteiger partial charge >= 0.3 is 0 Å². The lowest BCUT2D eigenvalue weighted by Gasteiger charge is -2.05. The van der Waals surface area contributed by atoms with Gasteiger partial charge in [0.25, 0.3) is 5.91 Å². The fraction of sp³-hybridized carbons (Fsp3) is 0.350. The van der Waals surface area contributed by atoms with Crippen LogP contribution in [0.15, 0.2) is 28.0 Å². The van der Waals surface area contributed by atoms with Crippen molar-refractivity contribution in [2.75, 3.05) is 0 Å². The van der Waals surface area contributed by atoms with Crippen LogP contribution < -0.4 is 10.9 Å². The maximum atomic E-state index is 12.4. The third kappa shape index (κ3) is 4.18. The number of carbonyl (C=O) groups is 2. The summed E-state index contributed by atoms with van der Waals surface area (Å²) in [7, 11) is 0. The number of oxazole rings is 1. The van der Waals surface area contributed by atoms with Crippen molar-refractivity contribution in [1.82, 2.24) is 15.8 Å². The van der Waals surface area contributed by atoms with Gasteiger partial charge in [-0.15, -0.1) is 22.7 Å². The fourth-order valence-corrected chi connectivity index (χ4v) is 5.06. The summed E-state index contributed by atoms with van der Waals surface area (Å²) in [6, 6.07) is 5.80. The molecule has 3 aromatic rings. The van der Waals surface area contributed by atoms with E-state index < -0.39 is 0 Å². The molecule has 0 aromatic carbocycles. The van der Waals surface area contributed by atoms with Gasteiger partial charge in [0.2, 0.25) is 11.8 Å². The Labute approximate surface area is 171 Å². The molecule has 0 aliphatic heterocycles. The van der Waals surface area contributed by atoms with Gasteiger partial charge in [-0.25, -0.2) is 4.98 Å². The first-order valence-electron chi connectivity index (χ1n) is 9.31.